The van der Waals surface area contributed by atoms with E-state index in [2.05, 4.69) is 120 Å². The highest BCUT2D eigenvalue weighted by Crippen LogP contribution is 2.43. The molecule has 0 amide bonds. The van der Waals surface area contributed by atoms with Crippen LogP contribution in [0.4, 0.5) is 5.69 Å². The molecule has 42 heavy (non-hydrogen) atoms. The molecule has 2 heterocycles. The molecule has 0 saturated heterocycles. The summed E-state index contributed by atoms with van der Waals surface area (Å²) in [6.45, 7) is 7.45. The van der Waals surface area contributed by atoms with Crippen molar-refractivity contribution in [2.75, 3.05) is 0 Å². The highest BCUT2D eigenvalue weighted by atomic mass is 14.8. The molecule has 0 aliphatic rings. The van der Waals surface area contributed by atoms with Gasteiger partial charge in [0.05, 0.1) is 23.3 Å². The number of nitrogens with zero attached hydrogens (tertiary/aromatic N) is 3. The second-order valence-electron chi connectivity index (χ2n) is 10.5. The molecular formula is C39H23N3. The molecule has 3 heteroatoms. The Balaban J connectivity index is 1.46. The fraction of sp³-hybridized carbons (Fsp3) is 0. The van der Waals surface area contributed by atoms with Gasteiger partial charge in [0.15, 0.2) is 5.69 Å². The maximum Gasteiger partial charge on any atom is 0.187 e. The fourth-order valence-corrected chi connectivity index (χ4v) is 6.06. The van der Waals surface area contributed by atoms with Gasteiger partial charge in [0.2, 0.25) is 0 Å². The molecule has 0 fully saturated rings. The Bertz CT molecular complexity index is 2360. The average Bonchev–Trinajstić information content (AvgIpc) is 3.07. The summed E-state index contributed by atoms with van der Waals surface area (Å²) in [7, 11) is 0. The summed E-state index contributed by atoms with van der Waals surface area (Å²) in [6.07, 6.45) is 1.83. The molecule has 2 aromatic heterocycles. The number of rotatable bonds is 3. The van der Waals surface area contributed by atoms with Gasteiger partial charge < -0.3 is 0 Å². The summed E-state index contributed by atoms with van der Waals surface area (Å²) in [6, 6.07) is 46.4. The number of hydrogen-bond donors (Lipinski definition) is 0. The molecule has 0 bridgehead atoms. The van der Waals surface area contributed by atoms with Crippen molar-refractivity contribution in [3.05, 3.63) is 151 Å². The molecular weight excluding hydrogens is 510 g/mol. The largest absolute Gasteiger partial charge is 0.254 e. The van der Waals surface area contributed by atoms with Gasteiger partial charge in [-0.1, -0.05) is 109 Å². The van der Waals surface area contributed by atoms with Crippen molar-refractivity contribution in [3.63, 3.8) is 0 Å². The third-order valence-corrected chi connectivity index (χ3v) is 8.10. The van der Waals surface area contributed by atoms with E-state index in [4.69, 9.17) is 16.5 Å². The van der Waals surface area contributed by atoms with Gasteiger partial charge in [-0.2, -0.15) is 0 Å². The first kappa shape index (κ1) is 24.0. The average molecular weight is 534 g/mol. The SMILES string of the molecule is [C-]#[N+]c1ccc(-c2c(-c3cc4ccccc4cc3-c3ccc4ccc5cccnc5c4n3)ccc3ccccc23)cc1. The van der Waals surface area contributed by atoms with Crippen LogP contribution in [0.15, 0.2) is 140 Å². The van der Waals surface area contributed by atoms with Gasteiger partial charge >= 0.3 is 0 Å². The molecule has 8 aromatic rings. The molecule has 0 atom stereocenters. The minimum absolute atomic E-state index is 0.633. The summed E-state index contributed by atoms with van der Waals surface area (Å²) in [5.74, 6) is 0. The van der Waals surface area contributed by atoms with Crippen LogP contribution < -0.4 is 0 Å². The van der Waals surface area contributed by atoms with E-state index in [9.17, 15) is 0 Å². The highest BCUT2D eigenvalue weighted by molar-refractivity contribution is 6.09. The molecule has 8 rings (SSSR count). The number of aromatic nitrogens is 2. The van der Waals surface area contributed by atoms with Crippen LogP contribution in [0.1, 0.15) is 0 Å². The Morgan fingerprint density at radius 3 is 1.93 bits per heavy atom. The topological polar surface area (TPSA) is 30.1 Å². The van der Waals surface area contributed by atoms with Crippen molar-refractivity contribution in [2.24, 2.45) is 0 Å². The third-order valence-electron chi connectivity index (χ3n) is 8.10. The van der Waals surface area contributed by atoms with Crippen LogP contribution in [-0.2, 0) is 0 Å². The molecule has 0 spiro atoms. The van der Waals surface area contributed by atoms with Crippen molar-refractivity contribution in [1.82, 2.24) is 9.97 Å². The van der Waals surface area contributed by atoms with Crippen LogP contribution in [0.5, 0.6) is 0 Å². The molecule has 0 N–H and O–H groups in total. The summed E-state index contributed by atoms with van der Waals surface area (Å²) in [4.78, 5) is 13.6. The highest BCUT2D eigenvalue weighted by Gasteiger charge is 2.18. The normalized spacial score (nSPS) is 11.3. The van der Waals surface area contributed by atoms with E-state index in [-0.39, 0.29) is 0 Å². The fourth-order valence-electron chi connectivity index (χ4n) is 6.06. The number of benzene rings is 6. The van der Waals surface area contributed by atoms with Crippen molar-refractivity contribution in [2.45, 2.75) is 0 Å². The van der Waals surface area contributed by atoms with Gasteiger partial charge in [0, 0.05) is 22.5 Å². The van der Waals surface area contributed by atoms with Gasteiger partial charge in [0.25, 0.3) is 0 Å². The van der Waals surface area contributed by atoms with Gasteiger partial charge in [-0.3, -0.25) is 4.98 Å². The minimum Gasteiger partial charge on any atom is -0.254 e. The molecule has 0 aliphatic heterocycles. The van der Waals surface area contributed by atoms with E-state index in [0.29, 0.717) is 5.69 Å². The van der Waals surface area contributed by atoms with Crippen molar-refractivity contribution < 1.29 is 0 Å². The summed E-state index contributed by atoms with van der Waals surface area (Å²) in [5.41, 5.74) is 8.88. The van der Waals surface area contributed by atoms with E-state index in [1.54, 1.807) is 0 Å². The van der Waals surface area contributed by atoms with E-state index in [1.165, 1.54) is 16.2 Å². The molecule has 0 unspecified atom stereocenters. The molecule has 194 valence electrons. The second-order valence-corrected chi connectivity index (χ2v) is 10.5. The zero-order chi connectivity index (χ0) is 28.0. The smallest absolute Gasteiger partial charge is 0.187 e. The van der Waals surface area contributed by atoms with Crippen LogP contribution in [0, 0.1) is 6.57 Å². The maximum absolute atomic E-state index is 7.45. The minimum atomic E-state index is 0.633. The van der Waals surface area contributed by atoms with Gasteiger partial charge in [-0.25, -0.2) is 9.83 Å². The lowest BCUT2D eigenvalue weighted by Gasteiger charge is -2.18. The van der Waals surface area contributed by atoms with Crippen LogP contribution in [-0.4, -0.2) is 9.97 Å². The van der Waals surface area contributed by atoms with Gasteiger partial charge in [-0.15, -0.1) is 0 Å². The van der Waals surface area contributed by atoms with E-state index >= 15 is 0 Å². The van der Waals surface area contributed by atoms with Crippen LogP contribution in [0.25, 0.3) is 81.7 Å². The Hall–Kier alpha value is -5.85. The predicted octanol–water partition coefficient (Wildman–Crippen LogP) is 10.6. The van der Waals surface area contributed by atoms with Crippen molar-refractivity contribution in [1.29, 1.82) is 0 Å². The van der Waals surface area contributed by atoms with E-state index in [0.717, 1.165) is 60.7 Å². The number of hydrogen-bond acceptors (Lipinski definition) is 2. The zero-order valence-electron chi connectivity index (χ0n) is 22.6. The van der Waals surface area contributed by atoms with Crippen LogP contribution in [0.3, 0.4) is 0 Å². The Labute approximate surface area is 243 Å². The second kappa shape index (κ2) is 9.66. The number of fused-ring (bicyclic) bond motifs is 5. The lowest BCUT2D eigenvalue weighted by Crippen LogP contribution is -1.94. The van der Waals surface area contributed by atoms with E-state index in [1.807, 2.05) is 24.4 Å². The Morgan fingerprint density at radius 1 is 0.500 bits per heavy atom. The van der Waals surface area contributed by atoms with Gasteiger partial charge in [-0.05, 0) is 68.1 Å². The lowest BCUT2D eigenvalue weighted by atomic mass is 9.86. The standard InChI is InChI=1S/C39H23N3/c1-40-31-18-14-26(15-19-31)37-32-11-5-4-7-25(32)16-20-33(37)34-23-29-8-2-3-9-30(29)24-35(34)36-21-17-28-13-12-27-10-6-22-41-38(27)39(28)42-36/h2-24H. The first-order chi connectivity index (χ1) is 20.8. The molecule has 0 saturated carbocycles. The van der Waals surface area contributed by atoms with Crippen molar-refractivity contribution in [3.8, 4) is 33.5 Å². The van der Waals surface area contributed by atoms with E-state index < -0.39 is 0 Å². The summed E-state index contributed by atoms with van der Waals surface area (Å²) < 4.78 is 0. The quantitative estimate of drug-likeness (QED) is 0.167. The molecule has 0 radical (unpaired) electrons. The molecule has 0 aliphatic carbocycles. The molecule has 6 aromatic carbocycles. The Morgan fingerprint density at radius 2 is 1.14 bits per heavy atom. The molecule has 3 nitrogen and oxygen atoms in total. The monoisotopic (exact) mass is 533 g/mol. The maximum atomic E-state index is 7.45. The summed E-state index contributed by atoms with van der Waals surface area (Å²) in [5, 5.41) is 6.83. The predicted molar refractivity (Wildman–Crippen MR) is 175 cm³/mol. The van der Waals surface area contributed by atoms with Crippen molar-refractivity contribution >= 4 is 49.0 Å². The summed E-state index contributed by atoms with van der Waals surface area (Å²) >= 11 is 0. The van der Waals surface area contributed by atoms with Gasteiger partial charge in [0.1, 0.15) is 0 Å². The first-order valence-electron chi connectivity index (χ1n) is 13.9. The third kappa shape index (κ3) is 3.90. The van der Waals surface area contributed by atoms with Crippen LogP contribution >= 0.6 is 0 Å². The first-order valence-corrected chi connectivity index (χ1v) is 13.9. The van der Waals surface area contributed by atoms with Crippen LogP contribution in [0.2, 0.25) is 0 Å². The number of pyridine rings is 2. The Kier molecular flexibility index (Phi) is 5.52. The lowest BCUT2D eigenvalue weighted by molar-refractivity contribution is 1.37. The zero-order valence-corrected chi connectivity index (χ0v) is 22.6.